The minimum absolute atomic E-state index is 0.117. The molecule has 0 fully saturated rings. The highest BCUT2D eigenvalue weighted by molar-refractivity contribution is 7.89. The number of rotatable bonds is 3. The molecule has 0 radical (unpaired) electrons. The highest BCUT2D eigenvalue weighted by atomic mass is 35.5. The van der Waals surface area contributed by atoms with Crippen molar-refractivity contribution in [3.8, 4) is 11.1 Å². The van der Waals surface area contributed by atoms with Crippen LogP contribution in [0.1, 0.15) is 23.7 Å². The van der Waals surface area contributed by atoms with Crippen molar-refractivity contribution < 1.29 is 13.2 Å². The molecule has 2 heterocycles. The van der Waals surface area contributed by atoms with Crippen LogP contribution in [-0.4, -0.2) is 26.4 Å². The van der Waals surface area contributed by atoms with Gasteiger partial charge < -0.3 is 4.90 Å². The maximum absolute atomic E-state index is 12.5. The molecular formula is C23H20ClN3O3S. The van der Waals surface area contributed by atoms with E-state index in [0.29, 0.717) is 28.4 Å². The van der Waals surface area contributed by atoms with Crippen molar-refractivity contribution in [3.05, 3.63) is 76.6 Å². The Morgan fingerprint density at radius 3 is 2.65 bits per heavy atom. The Kier molecular flexibility index (Phi) is 5.66. The van der Waals surface area contributed by atoms with Gasteiger partial charge in [-0.25, -0.2) is 13.1 Å². The van der Waals surface area contributed by atoms with Gasteiger partial charge in [-0.15, -0.1) is 0 Å². The quantitative estimate of drug-likeness (QED) is 0.639. The van der Waals surface area contributed by atoms with Gasteiger partial charge in [0.25, 0.3) is 0 Å². The van der Waals surface area contributed by atoms with Crippen LogP contribution in [0.15, 0.2) is 59.6 Å². The van der Waals surface area contributed by atoms with Crippen LogP contribution < -0.4 is 9.62 Å². The second kappa shape index (κ2) is 8.26. The summed E-state index contributed by atoms with van der Waals surface area (Å²) in [5.41, 5.74) is 4.28. The number of carbonyl (C=O) groups excluding carboxylic acids is 1. The number of anilines is 1. The van der Waals surface area contributed by atoms with E-state index in [-0.39, 0.29) is 10.8 Å². The molecule has 8 heteroatoms. The Bertz CT molecular complexity index is 1320. The molecule has 3 aromatic rings. The summed E-state index contributed by atoms with van der Waals surface area (Å²) in [6, 6.07) is 14.0. The fraction of sp³-hybridized carbons (Fsp3) is 0.130. The third-order valence-electron chi connectivity index (χ3n) is 5.17. The molecule has 1 aliphatic heterocycles. The van der Waals surface area contributed by atoms with Gasteiger partial charge in [-0.3, -0.25) is 9.78 Å². The lowest BCUT2D eigenvalue weighted by Crippen LogP contribution is -2.29. The first-order chi connectivity index (χ1) is 14.8. The number of pyridine rings is 1. The second-order valence-electron chi connectivity index (χ2n) is 7.11. The van der Waals surface area contributed by atoms with Gasteiger partial charge in [-0.2, -0.15) is 0 Å². The average molecular weight is 454 g/mol. The molecule has 1 aliphatic rings. The molecule has 1 N–H and O–H groups in total. The van der Waals surface area contributed by atoms with E-state index in [2.05, 4.69) is 9.71 Å². The fourth-order valence-corrected chi connectivity index (χ4v) is 4.74. The molecule has 4 rings (SSSR count). The molecule has 0 saturated heterocycles. The molecule has 1 aromatic heterocycles. The molecule has 0 bridgehead atoms. The first kappa shape index (κ1) is 21.2. The number of hydrogen-bond acceptors (Lipinski definition) is 4. The fourth-order valence-electron chi connectivity index (χ4n) is 3.60. The van der Waals surface area contributed by atoms with Gasteiger partial charge in [0.05, 0.1) is 22.8 Å². The van der Waals surface area contributed by atoms with E-state index in [0.717, 1.165) is 16.8 Å². The molecule has 2 aromatic carbocycles. The van der Waals surface area contributed by atoms with E-state index in [1.165, 1.54) is 14.0 Å². The number of nitrogens with zero attached hydrogens (tertiary/aromatic N) is 2. The molecule has 0 spiro atoms. The van der Waals surface area contributed by atoms with E-state index in [1.807, 2.05) is 30.4 Å². The number of halogens is 1. The zero-order valence-corrected chi connectivity index (χ0v) is 18.5. The highest BCUT2D eigenvalue weighted by Crippen LogP contribution is 2.33. The first-order valence-electron chi connectivity index (χ1n) is 9.58. The Morgan fingerprint density at radius 2 is 1.90 bits per heavy atom. The van der Waals surface area contributed by atoms with Crippen LogP contribution in [0, 0.1) is 0 Å². The maximum atomic E-state index is 12.5. The lowest BCUT2D eigenvalue weighted by molar-refractivity contribution is -0.116. The topological polar surface area (TPSA) is 79.4 Å². The molecule has 0 saturated carbocycles. The lowest BCUT2D eigenvalue weighted by Gasteiger charge is -2.26. The highest BCUT2D eigenvalue weighted by Gasteiger charge is 2.22. The SMILES string of the molecule is CNS(=O)(=O)c1ccccc1-c1cnc2c(c1)CN(C(C)=O)c1ccc(Cl)cc1C=C2. The molecule has 158 valence electrons. The van der Waals surface area contributed by atoms with E-state index < -0.39 is 10.0 Å². The van der Waals surface area contributed by atoms with E-state index >= 15 is 0 Å². The largest absolute Gasteiger partial charge is 0.308 e. The van der Waals surface area contributed by atoms with Crippen molar-refractivity contribution in [2.24, 2.45) is 0 Å². The van der Waals surface area contributed by atoms with E-state index in [9.17, 15) is 13.2 Å². The van der Waals surface area contributed by atoms with Crippen LogP contribution in [0.3, 0.4) is 0 Å². The summed E-state index contributed by atoms with van der Waals surface area (Å²) in [5.74, 6) is -0.117. The minimum Gasteiger partial charge on any atom is -0.308 e. The Labute approximate surface area is 186 Å². The summed E-state index contributed by atoms with van der Waals surface area (Å²) < 4.78 is 27.3. The summed E-state index contributed by atoms with van der Waals surface area (Å²) in [7, 11) is -2.27. The second-order valence-corrected chi connectivity index (χ2v) is 9.41. The summed E-state index contributed by atoms with van der Waals surface area (Å²) in [5, 5.41) is 0.582. The van der Waals surface area contributed by atoms with Crippen molar-refractivity contribution in [2.75, 3.05) is 11.9 Å². The summed E-state index contributed by atoms with van der Waals surface area (Å²) in [6.45, 7) is 1.81. The standard InChI is InChI=1S/C23H20ClN3O3S/c1-15(28)27-14-18-11-17(20-5-3-4-6-23(20)31(29,30)25-2)13-26-21(18)9-7-16-12-19(24)8-10-22(16)27/h3-13,25H,14H2,1-2H3. The van der Waals surface area contributed by atoms with Gasteiger partial charge in [0, 0.05) is 29.3 Å². The van der Waals surface area contributed by atoms with Crippen molar-refractivity contribution in [3.63, 3.8) is 0 Å². The number of aromatic nitrogens is 1. The van der Waals surface area contributed by atoms with Crippen molar-refractivity contribution in [1.29, 1.82) is 0 Å². The number of sulfonamides is 1. The zero-order chi connectivity index (χ0) is 22.2. The maximum Gasteiger partial charge on any atom is 0.240 e. The minimum atomic E-state index is -3.65. The van der Waals surface area contributed by atoms with E-state index in [4.69, 9.17) is 11.6 Å². The van der Waals surface area contributed by atoms with Crippen LogP contribution in [0.2, 0.25) is 5.02 Å². The summed E-state index contributed by atoms with van der Waals surface area (Å²) in [4.78, 5) is 18.9. The van der Waals surface area contributed by atoms with Crippen LogP contribution in [0.4, 0.5) is 5.69 Å². The smallest absolute Gasteiger partial charge is 0.240 e. The predicted molar refractivity (Wildman–Crippen MR) is 123 cm³/mol. The molecule has 6 nitrogen and oxygen atoms in total. The Hall–Kier alpha value is -3.00. The van der Waals surface area contributed by atoms with Gasteiger partial charge in [0.1, 0.15) is 0 Å². The Morgan fingerprint density at radius 1 is 1.13 bits per heavy atom. The lowest BCUT2D eigenvalue weighted by atomic mass is 10.0. The zero-order valence-electron chi connectivity index (χ0n) is 17.0. The third-order valence-corrected chi connectivity index (χ3v) is 6.88. The monoisotopic (exact) mass is 453 g/mol. The van der Waals surface area contributed by atoms with Gasteiger partial charge >= 0.3 is 0 Å². The molecule has 0 atom stereocenters. The van der Waals surface area contributed by atoms with Gasteiger partial charge in [-0.05, 0) is 54.6 Å². The van der Waals surface area contributed by atoms with Crippen LogP contribution >= 0.6 is 11.6 Å². The van der Waals surface area contributed by atoms with Crippen LogP contribution in [0.25, 0.3) is 23.3 Å². The van der Waals surface area contributed by atoms with Crippen LogP contribution in [0.5, 0.6) is 0 Å². The van der Waals surface area contributed by atoms with Gasteiger partial charge in [0.15, 0.2) is 0 Å². The van der Waals surface area contributed by atoms with E-state index in [1.54, 1.807) is 41.4 Å². The summed E-state index contributed by atoms with van der Waals surface area (Å²) >= 11 is 6.14. The molecule has 0 aliphatic carbocycles. The number of carbonyl (C=O) groups is 1. The number of nitrogens with one attached hydrogen (secondary N) is 1. The number of amides is 1. The molecular weight excluding hydrogens is 434 g/mol. The molecule has 0 unspecified atom stereocenters. The normalized spacial score (nSPS) is 13.2. The number of benzene rings is 2. The molecule has 31 heavy (non-hydrogen) atoms. The van der Waals surface area contributed by atoms with Gasteiger partial charge in [-0.1, -0.05) is 35.9 Å². The van der Waals surface area contributed by atoms with Gasteiger partial charge in [0.2, 0.25) is 15.9 Å². The third kappa shape index (κ3) is 4.12. The van der Waals surface area contributed by atoms with Crippen molar-refractivity contribution in [2.45, 2.75) is 18.4 Å². The number of hydrogen-bond donors (Lipinski definition) is 1. The number of fused-ring (bicyclic) bond motifs is 2. The van der Waals surface area contributed by atoms with Crippen molar-refractivity contribution in [1.82, 2.24) is 9.71 Å². The Balaban J connectivity index is 1.87. The van der Waals surface area contributed by atoms with Crippen LogP contribution in [-0.2, 0) is 21.4 Å². The predicted octanol–water partition coefficient (Wildman–Crippen LogP) is 4.35. The van der Waals surface area contributed by atoms with Crippen molar-refractivity contribution >= 4 is 45.4 Å². The summed E-state index contributed by atoms with van der Waals surface area (Å²) in [6.07, 6.45) is 5.40. The first-order valence-corrected chi connectivity index (χ1v) is 11.4. The average Bonchev–Trinajstić information content (AvgIpc) is 2.75. The molecule has 1 amide bonds.